The molecule has 4 rings (SSSR count). The molecular formula is C22H20FN5O. The highest BCUT2D eigenvalue weighted by molar-refractivity contribution is 6.03. The van der Waals surface area contributed by atoms with E-state index in [1.165, 1.54) is 12.1 Å². The average Bonchev–Trinajstić information content (AvgIpc) is 3.10. The molecule has 0 saturated carbocycles. The number of carbonyl (C=O) groups excluding carboxylic acids is 1. The molecule has 0 spiro atoms. The van der Waals surface area contributed by atoms with Gasteiger partial charge in [-0.15, -0.1) is 10.2 Å². The van der Waals surface area contributed by atoms with Gasteiger partial charge in [-0.25, -0.2) is 8.91 Å². The zero-order valence-corrected chi connectivity index (χ0v) is 16.4. The highest BCUT2D eigenvalue weighted by Crippen LogP contribution is 2.29. The van der Waals surface area contributed by atoms with Crippen LogP contribution in [-0.4, -0.2) is 25.7 Å². The summed E-state index contributed by atoms with van der Waals surface area (Å²) in [4.78, 5) is 12.7. The van der Waals surface area contributed by atoms with E-state index < -0.39 is 0 Å². The lowest BCUT2D eigenvalue weighted by Gasteiger charge is -2.08. The second-order valence-corrected chi connectivity index (χ2v) is 6.87. The van der Waals surface area contributed by atoms with Crippen molar-refractivity contribution in [3.63, 3.8) is 0 Å². The van der Waals surface area contributed by atoms with Crippen LogP contribution in [0.4, 0.5) is 10.1 Å². The minimum atomic E-state index is -0.349. The number of aromatic nitrogens is 4. The lowest BCUT2D eigenvalue weighted by molar-refractivity contribution is 0.102. The Morgan fingerprint density at radius 2 is 1.72 bits per heavy atom. The molecule has 0 saturated heterocycles. The summed E-state index contributed by atoms with van der Waals surface area (Å²) in [7, 11) is 0. The molecule has 0 radical (unpaired) electrons. The zero-order chi connectivity index (χ0) is 20.5. The summed E-state index contributed by atoms with van der Waals surface area (Å²) in [5.74, 6) is -0.654. The summed E-state index contributed by atoms with van der Waals surface area (Å²) in [6, 6.07) is 13.7. The van der Waals surface area contributed by atoms with Gasteiger partial charge in [-0.1, -0.05) is 36.8 Å². The maximum atomic E-state index is 13.3. The number of carbonyl (C=O) groups is 1. The third kappa shape index (κ3) is 3.47. The van der Waals surface area contributed by atoms with E-state index in [9.17, 15) is 9.18 Å². The summed E-state index contributed by atoms with van der Waals surface area (Å²) >= 11 is 0. The van der Waals surface area contributed by atoms with Gasteiger partial charge in [-0.2, -0.15) is 5.10 Å². The molecule has 2 heterocycles. The number of aryl methyl sites for hydroxylation is 3. The maximum Gasteiger partial charge on any atom is 0.278 e. The second-order valence-electron chi connectivity index (χ2n) is 6.87. The number of hydrogen-bond donors (Lipinski definition) is 1. The molecule has 4 aromatic rings. The molecule has 0 unspecified atom stereocenters. The van der Waals surface area contributed by atoms with Crippen LogP contribution in [-0.2, 0) is 6.42 Å². The van der Waals surface area contributed by atoms with E-state index in [0.717, 1.165) is 22.4 Å². The van der Waals surface area contributed by atoms with E-state index >= 15 is 0 Å². The lowest BCUT2D eigenvalue weighted by Crippen LogP contribution is -2.18. The molecule has 0 aliphatic carbocycles. The van der Waals surface area contributed by atoms with Gasteiger partial charge < -0.3 is 5.32 Å². The zero-order valence-electron chi connectivity index (χ0n) is 16.4. The molecule has 2 aromatic carbocycles. The first-order valence-corrected chi connectivity index (χ1v) is 9.36. The Morgan fingerprint density at radius 3 is 2.38 bits per heavy atom. The molecular weight excluding hydrogens is 369 g/mol. The Morgan fingerprint density at radius 1 is 1.03 bits per heavy atom. The van der Waals surface area contributed by atoms with Crippen LogP contribution >= 0.6 is 0 Å². The minimum Gasteiger partial charge on any atom is -0.321 e. The summed E-state index contributed by atoms with van der Waals surface area (Å²) in [5.41, 5.74) is 5.54. The van der Waals surface area contributed by atoms with E-state index in [1.807, 2.05) is 38.1 Å². The smallest absolute Gasteiger partial charge is 0.278 e. The fraction of sp³-hybridized carbons (Fsp3) is 0.182. The SMILES string of the molecule is CCc1nn2c(C)c(C(=O)Nc3ccc(C)cc3)nnc2c1-c1ccc(F)cc1. The highest BCUT2D eigenvalue weighted by atomic mass is 19.1. The number of nitrogens with one attached hydrogen (secondary N) is 1. The average molecular weight is 389 g/mol. The number of rotatable bonds is 4. The van der Waals surface area contributed by atoms with Gasteiger partial charge in [0.05, 0.1) is 17.0 Å². The summed E-state index contributed by atoms with van der Waals surface area (Å²) in [5, 5.41) is 15.9. The first-order chi connectivity index (χ1) is 14.0. The van der Waals surface area contributed by atoms with Crippen molar-refractivity contribution in [2.24, 2.45) is 0 Å². The van der Waals surface area contributed by atoms with Gasteiger partial charge in [-0.05, 0) is 50.1 Å². The molecule has 0 bridgehead atoms. The van der Waals surface area contributed by atoms with Gasteiger partial charge in [0.15, 0.2) is 11.3 Å². The van der Waals surface area contributed by atoms with Crippen molar-refractivity contribution in [2.75, 3.05) is 5.32 Å². The molecule has 0 atom stereocenters. The van der Waals surface area contributed by atoms with Gasteiger partial charge in [0, 0.05) is 5.69 Å². The summed E-state index contributed by atoms with van der Waals surface area (Å²) in [6.45, 7) is 5.76. The molecule has 0 fully saturated rings. The van der Waals surface area contributed by atoms with Crippen LogP contribution in [0.15, 0.2) is 48.5 Å². The van der Waals surface area contributed by atoms with E-state index in [0.29, 0.717) is 23.4 Å². The normalized spacial score (nSPS) is 11.0. The van der Waals surface area contributed by atoms with Crippen molar-refractivity contribution < 1.29 is 9.18 Å². The lowest BCUT2D eigenvalue weighted by atomic mass is 10.0. The van der Waals surface area contributed by atoms with Crippen LogP contribution in [0.3, 0.4) is 0 Å². The van der Waals surface area contributed by atoms with Crippen molar-refractivity contribution in [3.8, 4) is 11.1 Å². The molecule has 7 heteroatoms. The Balaban J connectivity index is 1.77. The van der Waals surface area contributed by atoms with Crippen LogP contribution in [0.2, 0.25) is 0 Å². The standard InChI is InChI=1S/C22H20FN5O/c1-4-18-19(15-7-9-16(23)10-8-15)21-26-25-20(14(3)28(21)27-18)22(29)24-17-11-5-13(2)6-12-17/h5-12H,4H2,1-3H3,(H,24,29). The number of hydrogen-bond acceptors (Lipinski definition) is 4. The first-order valence-electron chi connectivity index (χ1n) is 9.36. The largest absolute Gasteiger partial charge is 0.321 e. The minimum absolute atomic E-state index is 0.203. The molecule has 29 heavy (non-hydrogen) atoms. The van der Waals surface area contributed by atoms with Gasteiger partial charge in [0.1, 0.15) is 5.82 Å². The summed E-state index contributed by atoms with van der Waals surface area (Å²) < 4.78 is 15.0. The highest BCUT2D eigenvalue weighted by Gasteiger charge is 2.21. The molecule has 0 aliphatic heterocycles. The molecule has 2 aromatic heterocycles. The van der Waals surface area contributed by atoms with Crippen LogP contribution in [0.5, 0.6) is 0 Å². The molecule has 6 nitrogen and oxygen atoms in total. The topological polar surface area (TPSA) is 72.2 Å². The molecule has 1 amide bonds. The van der Waals surface area contributed by atoms with Crippen LogP contribution < -0.4 is 5.32 Å². The van der Waals surface area contributed by atoms with E-state index in [4.69, 9.17) is 0 Å². The van der Waals surface area contributed by atoms with E-state index in [-0.39, 0.29) is 17.4 Å². The maximum absolute atomic E-state index is 13.3. The number of halogens is 1. The number of anilines is 1. The van der Waals surface area contributed by atoms with Crippen molar-refractivity contribution in [1.29, 1.82) is 0 Å². The number of nitrogens with zero attached hydrogens (tertiary/aromatic N) is 4. The van der Waals surface area contributed by atoms with Gasteiger partial charge in [-0.3, -0.25) is 4.79 Å². The van der Waals surface area contributed by atoms with Crippen LogP contribution in [0, 0.1) is 19.7 Å². The third-order valence-electron chi connectivity index (χ3n) is 4.83. The quantitative estimate of drug-likeness (QED) is 0.563. The predicted molar refractivity (Wildman–Crippen MR) is 109 cm³/mol. The molecule has 146 valence electrons. The van der Waals surface area contributed by atoms with E-state index in [2.05, 4.69) is 20.6 Å². The Bertz CT molecular complexity index is 1200. The second kappa shape index (κ2) is 7.43. The van der Waals surface area contributed by atoms with Crippen molar-refractivity contribution in [2.45, 2.75) is 27.2 Å². The number of benzene rings is 2. The Kier molecular flexibility index (Phi) is 4.80. The monoisotopic (exact) mass is 389 g/mol. The van der Waals surface area contributed by atoms with Gasteiger partial charge >= 0.3 is 0 Å². The summed E-state index contributed by atoms with van der Waals surface area (Å²) in [6.07, 6.45) is 0.667. The first kappa shape index (κ1) is 18.7. The van der Waals surface area contributed by atoms with Gasteiger partial charge in [0.25, 0.3) is 5.91 Å². The van der Waals surface area contributed by atoms with Crippen molar-refractivity contribution in [1.82, 2.24) is 19.8 Å². The van der Waals surface area contributed by atoms with Crippen molar-refractivity contribution >= 4 is 17.2 Å². The van der Waals surface area contributed by atoms with Crippen LogP contribution in [0.25, 0.3) is 16.8 Å². The molecule has 1 N–H and O–H groups in total. The Labute approximate surface area is 167 Å². The molecule has 0 aliphatic rings. The number of amides is 1. The number of fused-ring (bicyclic) bond motifs is 1. The van der Waals surface area contributed by atoms with Crippen molar-refractivity contribution in [3.05, 3.63) is 77.0 Å². The van der Waals surface area contributed by atoms with Gasteiger partial charge in [0.2, 0.25) is 0 Å². The third-order valence-corrected chi connectivity index (χ3v) is 4.83. The van der Waals surface area contributed by atoms with Crippen LogP contribution in [0.1, 0.15) is 34.4 Å². The predicted octanol–water partition coefficient (Wildman–Crippen LogP) is 4.36. The fourth-order valence-corrected chi connectivity index (χ4v) is 3.25. The van der Waals surface area contributed by atoms with E-state index in [1.54, 1.807) is 23.6 Å². The Hall–Kier alpha value is -3.61. The fourth-order valence-electron chi connectivity index (χ4n) is 3.25.